The van der Waals surface area contributed by atoms with Crippen molar-refractivity contribution >= 4 is 29.0 Å². The predicted molar refractivity (Wildman–Crippen MR) is 95.5 cm³/mol. The molecule has 0 unspecified atom stereocenters. The van der Waals surface area contributed by atoms with E-state index in [-0.39, 0.29) is 11.7 Å². The Hall–Kier alpha value is -1.77. The number of carbonyl (C=O) groups excluding carboxylic acids is 1. The van der Waals surface area contributed by atoms with E-state index in [0.717, 1.165) is 22.3 Å². The van der Waals surface area contributed by atoms with Crippen LogP contribution in [0.4, 0.5) is 0 Å². The highest BCUT2D eigenvalue weighted by Gasteiger charge is 2.30. The molecule has 3 rings (SSSR count). The second-order valence-electron chi connectivity index (χ2n) is 5.96. The first-order valence-corrected chi connectivity index (χ1v) is 8.18. The van der Waals surface area contributed by atoms with Crippen LogP contribution in [-0.2, 0) is 0 Å². The van der Waals surface area contributed by atoms with Crippen molar-refractivity contribution in [1.29, 1.82) is 0 Å². The number of hydrogen-bond acceptors (Lipinski definition) is 2. The maximum atomic E-state index is 12.7. The van der Waals surface area contributed by atoms with Crippen LogP contribution in [0, 0.1) is 0 Å². The number of ketones is 1. The van der Waals surface area contributed by atoms with E-state index in [1.54, 1.807) is 0 Å². The number of carbonyl (C=O) groups is 1. The maximum absolute atomic E-state index is 12.7. The number of Topliss-reactive ketones (excluding diaryl/α,β-unsaturated/α-hetero) is 1. The van der Waals surface area contributed by atoms with Crippen LogP contribution in [0.15, 0.2) is 54.2 Å². The zero-order valence-electron chi connectivity index (χ0n) is 13.0. The molecule has 2 aromatic carbocycles. The topological polar surface area (TPSA) is 20.3 Å². The van der Waals surface area contributed by atoms with Gasteiger partial charge in [-0.05, 0) is 29.7 Å². The van der Waals surface area contributed by atoms with Gasteiger partial charge in [0.25, 0.3) is 0 Å². The van der Waals surface area contributed by atoms with Crippen LogP contribution in [0.5, 0.6) is 0 Å². The predicted octanol–water partition coefficient (Wildman–Crippen LogP) is 5.16. The maximum Gasteiger partial charge on any atom is 0.190 e. The summed E-state index contributed by atoms with van der Waals surface area (Å²) in [5.41, 5.74) is 3.70. The summed E-state index contributed by atoms with van der Waals surface area (Å²) in [4.78, 5) is 14.6. The van der Waals surface area contributed by atoms with Crippen LogP contribution in [0.3, 0.4) is 0 Å². The molecule has 0 spiro atoms. The fraction of sp³-hybridized carbons (Fsp3) is 0.211. The third kappa shape index (κ3) is 3.15. The average Bonchev–Trinajstić information content (AvgIpc) is 2.52. The Morgan fingerprint density at radius 1 is 1.09 bits per heavy atom. The van der Waals surface area contributed by atoms with Crippen molar-refractivity contribution < 1.29 is 4.79 Å². The quantitative estimate of drug-likeness (QED) is 0.701. The summed E-state index contributed by atoms with van der Waals surface area (Å²) >= 11 is 12.2. The van der Waals surface area contributed by atoms with Gasteiger partial charge in [0.2, 0.25) is 0 Å². The van der Waals surface area contributed by atoms with E-state index in [1.807, 2.05) is 67.7 Å². The van der Waals surface area contributed by atoms with Gasteiger partial charge in [-0.25, -0.2) is 0 Å². The summed E-state index contributed by atoms with van der Waals surface area (Å²) in [6.07, 6.45) is 2.56. The number of allylic oxidation sites excluding steroid dienone is 1. The Morgan fingerprint density at radius 2 is 1.83 bits per heavy atom. The van der Waals surface area contributed by atoms with Gasteiger partial charge in [-0.2, -0.15) is 0 Å². The van der Waals surface area contributed by atoms with Crippen molar-refractivity contribution in [2.24, 2.45) is 0 Å². The molecule has 0 N–H and O–H groups in total. The minimum atomic E-state index is 0.102. The van der Waals surface area contributed by atoms with Crippen molar-refractivity contribution in [3.8, 4) is 0 Å². The van der Waals surface area contributed by atoms with Gasteiger partial charge in [0.1, 0.15) is 0 Å². The fourth-order valence-corrected chi connectivity index (χ4v) is 3.36. The van der Waals surface area contributed by atoms with Crippen LogP contribution in [0.25, 0.3) is 0 Å². The number of benzene rings is 2. The van der Waals surface area contributed by atoms with Crippen molar-refractivity contribution in [3.05, 3.63) is 81.0 Å². The molecule has 0 heterocycles. The summed E-state index contributed by atoms with van der Waals surface area (Å²) in [5.74, 6) is 0.204. The molecule has 0 fully saturated rings. The smallest absolute Gasteiger partial charge is 0.190 e. The Morgan fingerprint density at radius 3 is 2.52 bits per heavy atom. The standard InChI is InChI=1S/C19H17Cl2NO/c1-22(2)11-13-9-16(12-7-8-17(20)18(21)10-12)14-5-3-4-6-15(14)19(13)23/h3-8,10-11,16H,9H2,1-2H3/b13-11-/t16-/m1/s1. The number of rotatable bonds is 2. The first kappa shape index (κ1) is 16.1. The second-order valence-corrected chi connectivity index (χ2v) is 6.78. The molecule has 1 atom stereocenters. The van der Waals surface area contributed by atoms with Crippen LogP contribution in [0.2, 0.25) is 10.0 Å². The normalized spacial score (nSPS) is 18.9. The van der Waals surface area contributed by atoms with Crippen LogP contribution < -0.4 is 0 Å². The molecular formula is C19H17Cl2NO. The van der Waals surface area contributed by atoms with Gasteiger partial charge in [0, 0.05) is 37.3 Å². The van der Waals surface area contributed by atoms with Gasteiger partial charge in [-0.3, -0.25) is 4.79 Å². The van der Waals surface area contributed by atoms with Crippen LogP contribution in [0.1, 0.15) is 33.8 Å². The number of hydrogen-bond donors (Lipinski definition) is 0. The van der Waals surface area contributed by atoms with Gasteiger partial charge in [0.15, 0.2) is 5.78 Å². The minimum absolute atomic E-state index is 0.102. The first-order chi connectivity index (χ1) is 11.0. The van der Waals surface area contributed by atoms with E-state index in [0.29, 0.717) is 16.5 Å². The average molecular weight is 346 g/mol. The molecular weight excluding hydrogens is 329 g/mol. The first-order valence-electron chi connectivity index (χ1n) is 7.43. The molecule has 0 bridgehead atoms. The Labute approximate surface area is 146 Å². The summed E-state index contributed by atoms with van der Waals surface area (Å²) in [6, 6.07) is 13.5. The lowest BCUT2D eigenvalue weighted by Crippen LogP contribution is -2.21. The number of halogens is 2. The zero-order chi connectivity index (χ0) is 16.6. The molecule has 1 aliphatic rings. The van der Waals surface area contributed by atoms with Crippen molar-refractivity contribution in [3.63, 3.8) is 0 Å². The zero-order valence-corrected chi connectivity index (χ0v) is 14.5. The van der Waals surface area contributed by atoms with Gasteiger partial charge in [0.05, 0.1) is 10.0 Å². The number of nitrogens with zero attached hydrogens (tertiary/aromatic N) is 1. The lowest BCUT2D eigenvalue weighted by molar-refractivity contribution is 0.102. The fourth-order valence-electron chi connectivity index (χ4n) is 3.05. The second kappa shape index (κ2) is 6.38. The molecule has 23 heavy (non-hydrogen) atoms. The minimum Gasteiger partial charge on any atom is -0.383 e. The van der Waals surface area contributed by atoms with Crippen molar-refractivity contribution in [2.75, 3.05) is 14.1 Å². The Balaban J connectivity index is 2.14. The monoisotopic (exact) mass is 345 g/mol. The van der Waals surface area contributed by atoms with Gasteiger partial charge in [-0.1, -0.05) is 53.5 Å². The highest BCUT2D eigenvalue weighted by Crippen LogP contribution is 2.40. The van der Waals surface area contributed by atoms with Gasteiger partial charge >= 0.3 is 0 Å². The molecule has 4 heteroatoms. The summed E-state index contributed by atoms with van der Waals surface area (Å²) < 4.78 is 0. The third-order valence-electron chi connectivity index (χ3n) is 4.06. The highest BCUT2D eigenvalue weighted by molar-refractivity contribution is 6.42. The van der Waals surface area contributed by atoms with E-state index >= 15 is 0 Å². The van der Waals surface area contributed by atoms with E-state index < -0.39 is 0 Å². The van der Waals surface area contributed by atoms with E-state index in [1.165, 1.54) is 0 Å². The van der Waals surface area contributed by atoms with E-state index in [9.17, 15) is 4.79 Å². The molecule has 0 aliphatic heterocycles. The van der Waals surface area contributed by atoms with Crippen LogP contribution >= 0.6 is 23.2 Å². The lowest BCUT2D eigenvalue weighted by Gasteiger charge is -2.28. The largest absolute Gasteiger partial charge is 0.383 e. The third-order valence-corrected chi connectivity index (χ3v) is 4.80. The molecule has 0 saturated carbocycles. The van der Waals surface area contributed by atoms with Crippen LogP contribution in [-0.4, -0.2) is 24.8 Å². The van der Waals surface area contributed by atoms with E-state index in [4.69, 9.17) is 23.2 Å². The summed E-state index contributed by atoms with van der Waals surface area (Å²) in [5, 5.41) is 1.08. The van der Waals surface area contributed by atoms with E-state index in [2.05, 4.69) is 0 Å². The highest BCUT2D eigenvalue weighted by atomic mass is 35.5. The molecule has 0 amide bonds. The van der Waals surface area contributed by atoms with Gasteiger partial charge < -0.3 is 4.90 Å². The molecule has 1 aliphatic carbocycles. The molecule has 0 radical (unpaired) electrons. The van der Waals surface area contributed by atoms with Gasteiger partial charge in [-0.15, -0.1) is 0 Å². The molecule has 2 nitrogen and oxygen atoms in total. The Bertz CT molecular complexity index is 796. The molecule has 2 aromatic rings. The molecule has 0 aromatic heterocycles. The summed E-state index contributed by atoms with van der Waals surface area (Å²) in [6.45, 7) is 0. The Kier molecular flexibility index (Phi) is 4.47. The molecule has 118 valence electrons. The SMILES string of the molecule is CN(C)/C=C1/C[C@H](c2ccc(Cl)c(Cl)c2)c2ccccc2C1=O. The van der Waals surface area contributed by atoms with Crippen molar-refractivity contribution in [1.82, 2.24) is 4.90 Å². The molecule has 0 saturated heterocycles. The number of fused-ring (bicyclic) bond motifs is 1. The van der Waals surface area contributed by atoms with Crippen molar-refractivity contribution in [2.45, 2.75) is 12.3 Å². The summed E-state index contributed by atoms with van der Waals surface area (Å²) in [7, 11) is 3.85. The lowest BCUT2D eigenvalue weighted by atomic mass is 9.76.